The normalized spacial score (nSPS) is 21.1. The van der Waals surface area contributed by atoms with Gasteiger partial charge in [0.05, 0.1) is 30.6 Å². The molecular formula is C19H27N7O2. The first-order valence-electron chi connectivity index (χ1n) is 9.74. The summed E-state index contributed by atoms with van der Waals surface area (Å²) in [4.78, 5) is 4.50. The summed E-state index contributed by atoms with van der Waals surface area (Å²) < 4.78 is 8.86. The Balaban J connectivity index is 1.76. The van der Waals surface area contributed by atoms with Gasteiger partial charge in [-0.2, -0.15) is 0 Å². The number of anilines is 1. The molecule has 1 fully saturated rings. The van der Waals surface area contributed by atoms with Gasteiger partial charge in [-0.05, 0) is 38.7 Å². The molecule has 0 bridgehead atoms. The van der Waals surface area contributed by atoms with Crippen molar-refractivity contribution in [2.75, 3.05) is 19.0 Å². The molecule has 0 saturated heterocycles. The lowest BCUT2D eigenvalue weighted by molar-refractivity contribution is 0.121. The summed E-state index contributed by atoms with van der Waals surface area (Å²) in [6.07, 6.45) is 7.07. The number of hydrogen-bond donors (Lipinski definition) is 2. The van der Waals surface area contributed by atoms with E-state index in [4.69, 9.17) is 9.84 Å². The van der Waals surface area contributed by atoms with Gasteiger partial charge in [-0.1, -0.05) is 5.21 Å². The maximum Gasteiger partial charge on any atom is 0.241 e. The molecule has 4 rings (SSSR count). The molecule has 0 amide bonds. The largest absolute Gasteiger partial charge is 0.393 e. The highest BCUT2D eigenvalue weighted by molar-refractivity contribution is 5.79. The molecule has 2 N–H and O–H groups in total. The first kappa shape index (κ1) is 18.8. The fraction of sp³-hybridized carbons (Fsp3) is 0.579. The molecule has 1 aliphatic rings. The molecule has 9 nitrogen and oxygen atoms in total. The number of aryl methyl sites for hydroxylation is 1. The van der Waals surface area contributed by atoms with E-state index in [2.05, 4.69) is 26.7 Å². The van der Waals surface area contributed by atoms with E-state index in [1.54, 1.807) is 11.8 Å². The van der Waals surface area contributed by atoms with E-state index in [1.165, 1.54) is 0 Å². The van der Waals surface area contributed by atoms with Crippen LogP contribution >= 0.6 is 0 Å². The van der Waals surface area contributed by atoms with Crippen LogP contribution in [0, 0.1) is 0 Å². The van der Waals surface area contributed by atoms with Crippen LogP contribution in [-0.2, 0) is 11.8 Å². The molecule has 3 aromatic heterocycles. The highest BCUT2D eigenvalue weighted by Gasteiger charge is 2.26. The molecule has 1 aliphatic carbocycles. The molecule has 28 heavy (non-hydrogen) atoms. The second kappa shape index (κ2) is 7.84. The SMILES string of the molecule is COC[C@H](C)Nc1ncc2c(-c3cn(C)nn3)cc(C3CCC(O)CC3)n2n1. The number of ether oxygens (including phenoxy) is 1. The van der Waals surface area contributed by atoms with Crippen LogP contribution in [0.4, 0.5) is 5.95 Å². The Labute approximate surface area is 163 Å². The van der Waals surface area contributed by atoms with Gasteiger partial charge in [0, 0.05) is 37.4 Å². The van der Waals surface area contributed by atoms with Gasteiger partial charge in [-0.3, -0.25) is 4.68 Å². The summed E-state index contributed by atoms with van der Waals surface area (Å²) >= 11 is 0. The van der Waals surface area contributed by atoms with Gasteiger partial charge in [-0.25, -0.2) is 9.50 Å². The predicted molar refractivity (Wildman–Crippen MR) is 105 cm³/mol. The maximum absolute atomic E-state index is 9.89. The van der Waals surface area contributed by atoms with Gasteiger partial charge in [0.15, 0.2) is 0 Å². The Hall–Kier alpha value is -2.52. The maximum atomic E-state index is 9.89. The zero-order valence-corrected chi connectivity index (χ0v) is 16.5. The van der Waals surface area contributed by atoms with E-state index in [-0.39, 0.29) is 12.1 Å². The molecule has 1 atom stereocenters. The molecule has 9 heteroatoms. The molecular weight excluding hydrogens is 358 g/mol. The van der Waals surface area contributed by atoms with Crippen LogP contribution in [0.1, 0.15) is 44.2 Å². The lowest BCUT2D eigenvalue weighted by Crippen LogP contribution is -2.23. The van der Waals surface area contributed by atoms with Gasteiger partial charge < -0.3 is 15.2 Å². The average molecular weight is 385 g/mol. The van der Waals surface area contributed by atoms with Gasteiger partial charge in [-0.15, -0.1) is 10.2 Å². The van der Waals surface area contributed by atoms with Crippen molar-refractivity contribution in [1.29, 1.82) is 0 Å². The monoisotopic (exact) mass is 385 g/mol. The van der Waals surface area contributed by atoms with Crippen LogP contribution in [0.15, 0.2) is 18.5 Å². The third-order valence-electron chi connectivity index (χ3n) is 5.33. The third kappa shape index (κ3) is 3.72. The number of methoxy groups -OCH3 is 1. The standard InChI is InChI=1S/C19H27N7O2/c1-12(11-28-3)21-19-20-9-18-15(16-10-25(2)24-22-16)8-17(26(18)23-19)13-4-6-14(27)7-5-13/h8-10,12-14,27H,4-7,11H2,1-3H3,(H,21,23)/t12-,13?,14?/m0/s1. The smallest absolute Gasteiger partial charge is 0.241 e. The van der Waals surface area contributed by atoms with Gasteiger partial charge >= 0.3 is 0 Å². The minimum Gasteiger partial charge on any atom is -0.393 e. The molecule has 150 valence electrons. The van der Waals surface area contributed by atoms with Crippen molar-refractivity contribution in [3.63, 3.8) is 0 Å². The third-order valence-corrected chi connectivity index (χ3v) is 5.33. The van der Waals surface area contributed by atoms with Gasteiger partial charge in [0.25, 0.3) is 0 Å². The van der Waals surface area contributed by atoms with E-state index < -0.39 is 0 Å². The van der Waals surface area contributed by atoms with Crippen LogP contribution in [0.2, 0.25) is 0 Å². The Morgan fingerprint density at radius 2 is 2.11 bits per heavy atom. The van der Waals surface area contributed by atoms with Crippen molar-refractivity contribution in [2.45, 2.75) is 50.7 Å². The van der Waals surface area contributed by atoms with Crippen LogP contribution in [0.5, 0.6) is 0 Å². The minimum absolute atomic E-state index is 0.103. The summed E-state index contributed by atoms with van der Waals surface area (Å²) in [7, 11) is 3.53. The Morgan fingerprint density at radius 1 is 1.32 bits per heavy atom. The Morgan fingerprint density at radius 3 is 2.79 bits per heavy atom. The minimum atomic E-state index is -0.191. The van der Waals surface area contributed by atoms with Crippen molar-refractivity contribution >= 4 is 11.5 Å². The van der Waals surface area contributed by atoms with Crippen LogP contribution in [0.3, 0.4) is 0 Å². The average Bonchev–Trinajstić information content (AvgIpc) is 3.26. The molecule has 0 radical (unpaired) electrons. The predicted octanol–water partition coefficient (Wildman–Crippen LogP) is 1.99. The van der Waals surface area contributed by atoms with Crippen LogP contribution in [0.25, 0.3) is 16.8 Å². The van der Waals surface area contributed by atoms with Crippen molar-refractivity contribution in [2.24, 2.45) is 7.05 Å². The van der Waals surface area contributed by atoms with Crippen molar-refractivity contribution in [1.82, 2.24) is 29.6 Å². The summed E-state index contributed by atoms with van der Waals surface area (Å²) in [5, 5.41) is 26.3. The number of fused-ring (bicyclic) bond motifs is 1. The van der Waals surface area contributed by atoms with Gasteiger partial charge in [0.1, 0.15) is 5.69 Å². The molecule has 0 aliphatic heterocycles. The summed E-state index contributed by atoms with van der Waals surface area (Å²) in [6.45, 7) is 2.60. The lowest BCUT2D eigenvalue weighted by atomic mass is 9.85. The number of nitrogens with one attached hydrogen (secondary N) is 1. The first-order valence-corrected chi connectivity index (χ1v) is 9.74. The Bertz CT molecular complexity index is 943. The molecule has 3 heterocycles. The fourth-order valence-electron chi connectivity index (χ4n) is 3.93. The van der Waals surface area contributed by atoms with Crippen molar-refractivity contribution in [3.05, 3.63) is 24.2 Å². The van der Waals surface area contributed by atoms with E-state index in [9.17, 15) is 5.11 Å². The van der Waals surface area contributed by atoms with Gasteiger partial charge in [0.2, 0.25) is 5.95 Å². The topological polar surface area (TPSA) is 102 Å². The van der Waals surface area contributed by atoms with Crippen LogP contribution in [-0.4, -0.2) is 60.6 Å². The number of hydrogen-bond acceptors (Lipinski definition) is 7. The molecule has 3 aromatic rings. The zero-order chi connectivity index (χ0) is 19.7. The molecule has 0 aromatic carbocycles. The number of nitrogens with zero attached hydrogens (tertiary/aromatic N) is 6. The summed E-state index contributed by atoms with van der Waals surface area (Å²) in [5.74, 6) is 0.913. The fourth-order valence-corrected chi connectivity index (χ4v) is 3.93. The second-order valence-electron chi connectivity index (χ2n) is 7.65. The van der Waals surface area contributed by atoms with E-state index in [1.807, 2.05) is 30.9 Å². The zero-order valence-electron chi connectivity index (χ0n) is 16.5. The van der Waals surface area contributed by atoms with E-state index in [0.717, 1.165) is 48.2 Å². The molecule has 1 saturated carbocycles. The highest BCUT2D eigenvalue weighted by atomic mass is 16.5. The summed E-state index contributed by atoms with van der Waals surface area (Å²) in [5.41, 5.74) is 3.82. The van der Waals surface area contributed by atoms with Crippen molar-refractivity contribution < 1.29 is 9.84 Å². The molecule has 0 spiro atoms. The van der Waals surface area contributed by atoms with Crippen molar-refractivity contribution in [3.8, 4) is 11.3 Å². The number of aliphatic hydroxyl groups is 1. The quantitative estimate of drug-likeness (QED) is 0.669. The van der Waals surface area contributed by atoms with Crippen LogP contribution < -0.4 is 5.32 Å². The number of aliphatic hydroxyl groups excluding tert-OH is 1. The van der Waals surface area contributed by atoms with E-state index in [0.29, 0.717) is 18.5 Å². The number of aromatic nitrogens is 6. The Kier molecular flexibility index (Phi) is 5.27. The lowest BCUT2D eigenvalue weighted by Gasteiger charge is -2.25. The second-order valence-corrected chi connectivity index (χ2v) is 7.65. The summed E-state index contributed by atoms with van der Waals surface area (Å²) in [6, 6.07) is 2.25. The number of rotatable bonds is 6. The molecule has 0 unspecified atom stereocenters. The highest BCUT2D eigenvalue weighted by Crippen LogP contribution is 2.37. The first-order chi connectivity index (χ1) is 13.5. The van der Waals surface area contributed by atoms with E-state index >= 15 is 0 Å².